The normalized spacial score (nSPS) is 16.8. The van der Waals surface area contributed by atoms with Crippen LogP contribution >= 0.6 is 11.6 Å². The molecule has 0 spiro atoms. The highest BCUT2D eigenvalue weighted by Gasteiger charge is 2.27. The second-order valence-electron chi connectivity index (χ2n) is 4.47. The first-order valence-corrected chi connectivity index (χ1v) is 7.83. The van der Waals surface area contributed by atoms with Crippen molar-refractivity contribution in [3.8, 4) is 0 Å². The highest BCUT2D eigenvalue weighted by Crippen LogP contribution is 2.27. The van der Waals surface area contributed by atoms with Crippen LogP contribution in [0.1, 0.15) is 17.5 Å². The molecule has 0 aliphatic carbocycles. The molecule has 0 saturated carbocycles. The Morgan fingerprint density at radius 3 is 2.68 bits per heavy atom. The van der Waals surface area contributed by atoms with Gasteiger partial charge in [-0.1, -0.05) is 23.8 Å². The maximum atomic E-state index is 12.6. The fourth-order valence-electron chi connectivity index (χ4n) is 2.12. The monoisotopic (exact) mass is 301 g/mol. The third kappa shape index (κ3) is 2.84. The van der Waals surface area contributed by atoms with Crippen LogP contribution in [0.4, 0.5) is 0 Å². The van der Waals surface area contributed by atoms with E-state index in [4.69, 9.17) is 11.6 Å². The first-order chi connectivity index (χ1) is 8.96. The molecule has 0 fully saturated rings. The van der Waals surface area contributed by atoms with Gasteiger partial charge >= 0.3 is 0 Å². The van der Waals surface area contributed by atoms with Crippen molar-refractivity contribution in [2.45, 2.75) is 24.8 Å². The summed E-state index contributed by atoms with van der Waals surface area (Å²) < 4.78 is 26.6. The first-order valence-electron chi connectivity index (χ1n) is 6.02. The molecule has 1 N–H and O–H groups in total. The predicted molar refractivity (Wildman–Crippen MR) is 74.6 cm³/mol. The van der Waals surface area contributed by atoms with Crippen molar-refractivity contribution in [2.75, 3.05) is 13.1 Å². The number of hydrogen-bond donors (Lipinski definition) is 1. The summed E-state index contributed by atoms with van der Waals surface area (Å²) in [6.45, 7) is 2.31. The molecule has 4 nitrogen and oxygen atoms in total. The van der Waals surface area contributed by atoms with E-state index in [9.17, 15) is 13.5 Å². The molecule has 1 heterocycles. The Hall–Kier alpha value is -0.880. The molecule has 0 saturated heterocycles. The van der Waals surface area contributed by atoms with Crippen LogP contribution < -0.4 is 0 Å². The van der Waals surface area contributed by atoms with Crippen LogP contribution in [0.15, 0.2) is 29.2 Å². The lowest BCUT2D eigenvalue weighted by Gasteiger charge is -2.24. The van der Waals surface area contributed by atoms with Gasteiger partial charge in [-0.2, -0.15) is 4.31 Å². The SMILES string of the molecule is Cc1c(CO)cc(Cl)cc1S(=O)(=O)N1CC=CCC1. The van der Waals surface area contributed by atoms with Crippen molar-refractivity contribution >= 4 is 21.6 Å². The highest BCUT2D eigenvalue weighted by atomic mass is 35.5. The summed E-state index contributed by atoms with van der Waals surface area (Å²) in [5, 5.41) is 9.59. The minimum Gasteiger partial charge on any atom is -0.392 e. The van der Waals surface area contributed by atoms with Crippen LogP contribution in [0.5, 0.6) is 0 Å². The second kappa shape index (κ2) is 5.63. The van der Waals surface area contributed by atoms with Crippen molar-refractivity contribution in [1.29, 1.82) is 0 Å². The minimum atomic E-state index is -3.56. The molecule has 0 radical (unpaired) electrons. The van der Waals surface area contributed by atoms with Gasteiger partial charge in [-0.25, -0.2) is 8.42 Å². The molecule has 6 heteroatoms. The van der Waals surface area contributed by atoms with E-state index >= 15 is 0 Å². The van der Waals surface area contributed by atoms with Gasteiger partial charge in [0.15, 0.2) is 0 Å². The van der Waals surface area contributed by atoms with E-state index in [0.717, 1.165) is 0 Å². The Kier molecular flexibility index (Phi) is 4.30. The van der Waals surface area contributed by atoms with Crippen LogP contribution in [0.25, 0.3) is 0 Å². The summed E-state index contributed by atoms with van der Waals surface area (Å²) in [5.74, 6) is 0. The fraction of sp³-hybridized carbons (Fsp3) is 0.385. The Morgan fingerprint density at radius 1 is 1.37 bits per heavy atom. The van der Waals surface area contributed by atoms with Crippen molar-refractivity contribution in [1.82, 2.24) is 4.31 Å². The lowest BCUT2D eigenvalue weighted by Crippen LogP contribution is -2.34. The summed E-state index contributed by atoms with van der Waals surface area (Å²) in [5.41, 5.74) is 1.10. The standard InChI is InChI=1S/C13H16ClNO3S/c1-10-11(9-16)7-12(14)8-13(10)19(17,18)15-5-3-2-4-6-15/h2-3,7-8,16H,4-6,9H2,1H3. The lowest BCUT2D eigenvalue weighted by molar-refractivity contribution is 0.280. The van der Waals surface area contributed by atoms with Gasteiger partial charge in [0.2, 0.25) is 10.0 Å². The zero-order chi connectivity index (χ0) is 14.0. The molecular weight excluding hydrogens is 286 g/mol. The molecule has 0 atom stereocenters. The number of rotatable bonds is 3. The van der Waals surface area contributed by atoms with Gasteiger partial charge in [0.1, 0.15) is 0 Å². The number of nitrogens with zero attached hydrogens (tertiary/aromatic N) is 1. The van der Waals surface area contributed by atoms with Crippen LogP contribution in [-0.4, -0.2) is 30.9 Å². The Balaban J connectivity index is 2.51. The Bertz CT molecular complexity index is 611. The number of sulfonamides is 1. The summed E-state index contributed by atoms with van der Waals surface area (Å²) in [6, 6.07) is 3.04. The minimum absolute atomic E-state index is 0.180. The molecule has 0 aromatic heterocycles. The molecular formula is C13H16ClNO3S. The van der Waals surface area contributed by atoms with E-state index in [1.165, 1.54) is 10.4 Å². The number of aliphatic hydroxyl groups is 1. The zero-order valence-corrected chi connectivity index (χ0v) is 12.2. The van der Waals surface area contributed by atoms with Gasteiger partial charge in [-0.3, -0.25) is 0 Å². The summed E-state index contributed by atoms with van der Waals surface area (Å²) >= 11 is 5.94. The smallest absolute Gasteiger partial charge is 0.243 e. The Labute approximate surface area is 118 Å². The van der Waals surface area contributed by atoms with Gasteiger partial charge < -0.3 is 5.11 Å². The van der Waals surface area contributed by atoms with Gasteiger partial charge in [0, 0.05) is 18.1 Å². The van der Waals surface area contributed by atoms with Gasteiger partial charge in [-0.05, 0) is 36.6 Å². The largest absolute Gasteiger partial charge is 0.392 e. The van der Waals surface area contributed by atoms with E-state index in [1.807, 2.05) is 12.2 Å². The topological polar surface area (TPSA) is 57.6 Å². The maximum absolute atomic E-state index is 12.6. The quantitative estimate of drug-likeness (QED) is 0.870. The third-order valence-corrected chi connectivity index (χ3v) is 5.45. The van der Waals surface area contributed by atoms with E-state index in [2.05, 4.69) is 0 Å². The van der Waals surface area contributed by atoms with Crippen LogP contribution in [0.3, 0.4) is 0 Å². The second-order valence-corrected chi connectivity index (χ2v) is 6.81. The molecule has 0 amide bonds. The van der Waals surface area contributed by atoms with E-state index in [-0.39, 0.29) is 11.5 Å². The fourth-order valence-corrected chi connectivity index (χ4v) is 4.12. The summed E-state index contributed by atoms with van der Waals surface area (Å²) in [7, 11) is -3.56. The van der Waals surface area contributed by atoms with Crippen molar-refractivity contribution in [2.24, 2.45) is 0 Å². The molecule has 0 unspecified atom stereocenters. The number of aliphatic hydroxyl groups excluding tert-OH is 1. The molecule has 2 rings (SSSR count). The molecule has 1 aromatic carbocycles. The molecule has 19 heavy (non-hydrogen) atoms. The van der Waals surface area contributed by atoms with Crippen LogP contribution in [0, 0.1) is 6.92 Å². The summed E-state index contributed by atoms with van der Waals surface area (Å²) in [6.07, 6.45) is 4.52. The average molecular weight is 302 g/mol. The summed E-state index contributed by atoms with van der Waals surface area (Å²) in [4.78, 5) is 0.180. The number of benzene rings is 1. The van der Waals surface area contributed by atoms with Crippen molar-refractivity contribution in [3.63, 3.8) is 0 Å². The van der Waals surface area contributed by atoms with Crippen molar-refractivity contribution in [3.05, 3.63) is 40.4 Å². The maximum Gasteiger partial charge on any atom is 0.243 e. The zero-order valence-electron chi connectivity index (χ0n) is 10.6. The number of halogens is 1. The average Bonchev–Trinajstić information content (AvgIpc) is 2.41. The molecule has 104 valence electrons. The number of hydrogen-bond acceptors (Lipinski definition) is 3. The molecule has 1 aliphatic heterocycles. The van der Waals surface area contributed by atoms with Crippen molar-refractivity contribution < 1.29 is 13.5 Å². The van der Waals surface area contributed by atoms with Crippen LogP contribution in [0.2, 0.25) is 5.02 Å². The predicted octanol–water partition coefficient (Wildman–Crippen LogP) is 2.09. The van der Waals surface area contributed by atoms with E-state index in [0.29, 0.717) is 35.7 Å². The molecule has 1 aromatic rings. The van der Waals surface area contributed by atoms with E-state index in [1.54, 1.807) is 13.0 Å². The third-order valence-electron chi connectivity index (χ3n) is 3.24. The molecule has 0 bridgehead atoms. The Morgan fingerprint density at radius 2 is 2.11 bits per heavy atom. The van der Waals surface area contributed by atoms with Gasteiger partial charge in [0.25, 0.3) is 0 Å². The van der Waals surface area contributed by atoms with Crippen LogP contribution in [-0.2, 0) is 16.6 Å². The lowest BCUT2D eigenvalue weighted by atomic mass is 10.1. The molecule has 1 aliphatic rings. The van der Waals surface area contributed by atoms with E-state index < -0.39 is 10.0 Å². The van der Waals surface area contributed by atoms with Gasteiger partial charge in [-0.15, -0.1) is 0 Å². The van der Waals surface area contributed by atoms with Gasteiger partial charge in [0.05, 0.1) is 11.5 Å². The highest BCUT2D eigenvalue weighted by molar-refractivity contribution is 7.89. The first kappa shape index (κ1) is 14.5.